The Bertz CT molecular complexity index is 402. The molecule has 1 aromatic rings. The average Bonchev–Trinajstić information content (AvgIpc) is 2.45. The fraction of sp³-hybridized carbons (Fsp3) is 0.647. The Morgan fingerprint density at radius 3 is 2.30 bits per heavy atom. The van der Waals surface area contributed by atoms with Gasteiger partial charge in [-0.05, 0) is 41.7 Å². The predicted molar refractivity (Wildman–Crippen MR) is 83.5 cm³/mol. The molecule has 1 atom stereocenters. The van der Waals surface area contributed by atoms with E-state index in [4.69, 9.17) is 10.6 Å². The van der Waals surface area contributed by atoms with Crippen LogP contribution in [-0.2, 0) is 16.6 Å². The van der Waals surface area contributed by atoms with E-state index in [1.54, 1.807) is 0 Å². The van der Waals surface area contributed by atoms with E-state index in [2.05, 4.69) is 50.5 Å². The summed E-state index contributed by atoms with van der Waals surface area (Å²) in [7, 11) is 0. The van der Waals surface area contributed by atoms with Crippen LogP contribution in [0.2, 0.25) is 0 Å². The van der Waals surface area contributed by atoms with Crippen LogP contribution in [0, 0.1) is 5.92 Å². The summed E-state index contributed by atoms with van der Waals surface area (Å²) in [6.07, 6.45) is 3.20. The Balaban J connectivity index is 2.00. The van der Waals surface area contributed by atoms with Crippen molar-refractivity contribution in [2.75, 3.05) is 13.2 Å². The van der Waals surface area contributed by atoms with Crippen LogP contribution in [0.1, 0.15) is 44.7 Å². The number of nitrogens with two attached hydrogens (primary N) is 1. The molecule has 3 heteroatoms. The Hall–Kier alpha value is -0.900. The van der Waals surface area contributed by atoms with E-state index in [1.807, 2.05) is 0 Å². The average molecular weight is 276 g/mol. The van der Waals surface area contributed by atoms with Crippen LogP contribution in [0.25, 0.3) is 0 Å². The minimum Gasteiger partial charge on any atom is -0.381 e. The van der Waals surface area contributed by atoms with Gasteiger partial charge in [-0.2, -0.15) is 0 Å². The fourth-order valence-electron chi connectivity index (χ4n) is 2.87. The van der Waals surface area contributed by atoms with Gasteiger partial charge in [0.15, 0.2) is 0 Å². The molecule has 3 nitrogen and oxygen atoms in total. The van der Waals surface area contributed by atoms with Gasteiger partial charge in [-0.15, -0.1) is 0 Å². The van der Waals surface area contributed by atoms with Gasteiger partial charge in [-0.3, -0.25) is 11.3 Å². The van der Waals surface area contributed by atoms with Gasteiger partial charge in [0.25, 0.3) is 0 Å². The van der Waals surface area contributed by atoms with Crippen LogP contribution in [0.3, 0.4) is 0 Å². The summed E-state index contributed by atoms with van der Waals surface area (Å²) in [5, 5.41) is 0. The lowest BCUT2D eigenvalue weighted by Gasteiger charge is -2.30. The number of hydrazine groups is 1. The maximum atomic E-state index is 5.76. The number of benzene rings is 1. The van der Waals surface area contributed by atoms with Crippen LogP contribution >= 0.6 is 0 Å². The molecule has 1 aliphatic rings. The van der Waals surface area contributed by atoms with E-state index in [9.17, 15) is 0 Å². The van der Waals surface area contributed by atoms with Crippen molar-refractivity contribution in [2.24, 2.45) is 11.8 Å². The third-order valence-corrected chi connectivity index (χ3v) is 4.32. The summed E-state index contributed by atoms with van der Waals surface area (Å²) in [6, 6.07) is 9.31. The van der Waals surface area contributed by atoms with Crippen molar-refractivity contribution in [3.8, 4) is 0 Å². The third kappa shape index (κ3) is 4.05. The van der Waals surface area contributed by atoms with Gasteiger partial charge in [0, 0.05) is 19.3 Å². The number of hydrogen-bond donors (Lipinski definition) is 2. The summed E-state index contributed by atoms with van der Waals surface area (Å²) in [5.41, 5.74) is 5.96. The Morgan fingerprint density at radius 1 is 1.20 bits per heavy atom. The van der Waals surface area contributed by atoms with Crippen LogP contribution < -0.4 is 11.3 Å². The number of rotatable bonds is 4. The molecular formula is C17H28N2O. The van der Waals surface area contributed by atoms with Crippen LogP contribution in [0.4, 0.5) is 0 Å². The standard InChI is InChI=1S/C17H28N2O/c1-17(2,3)15-6-4-13(5-7-15)12-16(19-18)14-8-10-20-11-9-14/h4-7,14,16,19H,8-12,18H2,1-3H3. The van der Waals surface area contributed by atoms with Gasteiger partial charge < -0.3 is 4.74 Å². The molecule has 1 unspecified atom stereocenters. The SMILES string of the molecule is CC(C)(C)c1ccc(CC(NN)C2CCOCC2)cc1. The predicted octanol–water partition coefficient (Wildman–Crippen LogP) is 2.79. The van der Waals surface area contributed by atoms with Gasteiger partial charge in [-0.25, -0.2) is 0 Å². The van der Waals surface area contributed by atoms with Crippen molar-refractivity contribution < 1.29 is 4.74 Å². The fourth-order valence-corrected chi connectivity index (χ4v) is 2.87. The van der Waals surface area contributed by atoms with Gasteiger partial charge in [-0.1, -0.05) is 45.0 Å². The number of nitrogens with one attached hydrogen (secondary N) is 1. The van der Waals surface area contributed by atoms with Crippen LogP contribution in [0.5, 0.6) is 0 Å². The summed E-state index contributed by atoms with van der Waals surface area (Å²) in [6.45, 7) is 8.47. The molecule has 0 radical (unpaired) electrons. The molecule has 0 amide bonds. The van der Waals surface area contributed by atoms with Crippen molar-refractivity contribution in [1.29, 1.82) is 0 Å². The molecule has 1 aliphatic heterocycles. The zero-order valence-electron chi connectivity index (χ0n) is 13.0. The lowest BCUT2D eigenvalue weighted by molar-refractivity contribution is 0.0538. The first-order valence-electron chi connectivity index (χ1n) is 7.64. The highest BCUT2D eigenvalue weighted by molar-refractivity contribution is 5.28. The topological polar surface area (TPSA) is 47.3 Å². The molecule has 3 N–H and O–H groups in total. The lowest BCUT2D eigenvalue weighted by atomic mass is 9.85. The molecule has 1 aromatic carbocycles. The molecule has 1 heterocycles. The monoisotopic (exact) mass is 276 g/mol. The van der Waals surface area contributed by atoms with Crippen molar-refractivity contribution in [3.05, 3.63) is 35.4 Å². The Kier molecular flexibility index (Phi) is 5.19. The zero-order valence-corrected chi connectivity index (χ0v) is 13.0. The summed E-state index contributed by atoms with van der Waals surface area (Å²) in [5.74, 6) is 6.38. The minimum absolute atomic E-state index is 0.213. The van der Waals surface area contributed by atoms with E-state index in [-0.39, 0.29) is 5.41 Å². The largest absolute Gasteiger partial charge is 0.381 e. The van der Waals surface area contributed by atoms with Crippen molar-refractivity contribution in [1.82, 2.24) is 5.43 Å². The lowest BCUT2D eigenvalue weighted by Crippen LogP contribution is -2.44. The summed E-state index contributed by atoms with van der Waals surface area (Å²) in [4.78, 5) is 0. The van der Waals surface area contributed by atoms with Crippen LogP contribution in [0.15, 0.2) is 24.3 Å². The van der Waals surface area contributed by atoms with Crippen molar-refractivity contribution in [2.45, 2.75) is 51.5 Å². The summed E-state index contributed by atoms with van der Waals surface area (Å²) >= 11 is 0. The normalized spacial score (nSPS) is 19.0. The van der Waals surface area contributed by atoms with E-state index < -0.39 is 0 Å². The first-order valence-corrected chi connectivity index (χ1v) is 7.64. The quantitative estimate of drug-likeness (QED) is 0.656. The highest BCUT2D eigenvalue weighted by Gasteiger charge is 2.23. The first-order chi connectivity index (χ1) is 9.50. The summed E-state index contributed by atoms with van der Waals surface area (Å²) < 4.78 is 5.43. The first kappa shape index (κ1) is 15.5. The van der Waals surface area contributed by atoms with E-state index >= 15 is 0 Å². The second-order valence-corrected chi connectivity index (χ2v) is 6.87. The van der Waals surface area contributed by atoms with Crippen molar-refractivity contribution >= 4 is 0 Å². The minimum atomic E-state index is 0.213. The molecule has 0 bridgehead atoms. The van der Waals surface area contributed by atoms with Gasteiger partial charge in [0.2, 0.25) is 0 Å². The molecule has 112 valence electrons. The van der Waals surface area contributed by atoms with E-state index in [0.29, 0.717) is 12.0 Å². The number of hydrogen-bond acceptors (Lipinski definition) is 3. The van der Waals surface area contributed by atoms with Gasteiger partial charge in [0.1, 0.15) is 0 Å². The Morgan fingerprint density at radius 2 is 1.80 bits per heavy atom. The third-order valence-electron chi connectivity index (χ3n) is 4.32. The van der Waals surface area contributed by atoms with Gasteiger partial charge in [0.05, 0.1) is 0 Å². The second kappa shape index (κ2) is 6.70. The maximum absolute atomic E-state index is 5.76. The molecule has 1 fully saturated rings. The highest BCUT2D eigenvalue weighted by Crippen LogP contribution is 2.24. The van der Waals surface area contributed by atoms with Crippen LogP contribution in [-0.4, -0.2) is 19.3 Å². The second-order valence-electron chi connectivity index (χ2n) is 6.87. The molecule has 0 spiro atoms. The molecular weight excluding hydrogens is 248 g/mol. The van der Waals surface area contributed by atoms with Crippen molar-refractivity contribution in [3.63, 3.8) is 0 Å². The molecule has 2 rings (SSSR count). The van der Waals surface area contributed by atoms with Gasteiger partial charge >= 0.3 is 0 Å². The van der Waals surface area contributed by atoms with E-state index in [0.717, 1.165) is 32.5 Å². The molecule has 20 heavy (non-hydrogen) atoms. The molecule has 0 aliphatic carbocycles. The maximum Gasteiger partial charge on any atom is 0.0469 e. The molecule has 1 saturated heterocycles. The number of ether oxygens (including phenoxy) is 1. The zero-order chi connectivity index (χ0) is 14.6. The Labute approximate surface area is 122 Å². The van der Waals surface area contributed by atoms with E-state index in [1.165, 1.54) is 11.1 Å². The molecule has 0 saturated carbocycles. The highest BCUT2D eigenvalue weighted by atomic mass is 16.5. The molecule has 0 aromatic heterocycles. The smallest absolute Gasteiger partial charge is 0.0469 e.